The van der Waals surface area contributed by atoms with Gasteiger partial charge in [-0.15, -0.1) is 11.6 Å². The quantitative estimate of drug-likeness (QED) is 0.641. The first kappa shape index (κ1) is 15.7. The molecule has 0 saturated heterocycles. The van der Waals surface area contributed by atoms with Crippen molar-refractivity contribution in [2.24, 2.45) is 0 Å². The smallest absolute Gasteiger partial charge is 0.217 e. The summed E-state index contributed by atoms with van der Waals surface area (Å²) in [6.45, 7) is 5.24. The van der Waals surface area contributed by atoms with Crippen LogP contribution >= 0.6 is 11.6 Å². The normalized spacial score (nSPS) is 13.7. The van der Waals surface area contributed by atoms with Crippen LogP contribution in [-0.2, 0) is 4.79 Å². The summed E-state index contributed by atoms with van der Waals surface area (Å²) < 4.78 is 0. The SMILES string of the molecule is CCCC(NC(C)=O)c1ccc(C(=O)C(C)Cl)cc1. The molecule has 1 aromatic carbocycles. The molecule has 0 aromatic heterocycles. The van der Waals surface area contributed by atoms with E-state index in [1.54, 1.807) is 19.1 Å². The monoisotopic (exact) mass is 281 g/mol. The topological polar surface area (TPSA) is 46.2 Å². The Balaban J connectivity index is 2.88. The van der Waals surface area contributed by atoms with Crippen molar-refractivity contribution in [2.45, 2.75) is 45.0 Å². The van der Waals surface area contributed by atoms with Crippen molar-refractivity contribution < 1.29 is 9.59 Å². The molecule has 0 aliphatic carbocycles. The van der Waals surface area contributed by atoms with Gasteiger partial charge in [0.1, 0.15) is 0 Å². The molecular formula is C15H20ClNO2. The Bertz CT molecular complexity index is 440. The minimum atomic E-state index is -0.521. The minimum absolute atomic E-state index is 0.0000713. The van der Waals surface area contributed by atoms with E-state index >= 15 is 0 Å². The Hall–Kier alpha value is -1.35. The van der Waals surface area contributed by atoms with Crippen molar-refractivity contribution >= 4 is 23.3 Å². The second-order valence-corrected chi connectivity index (χ2v) is 5.30. The highest BCUT2D eigenvalue weighted by Gasteiger charge is 2.15. The van der Waals surface area contributed by atoms with E-state index in [9.17, 15) is 9.59 Å². The molecule has 104 valence electrons. The van der Waals surface area contributed by atoms with Crippen molar-refractivity contribution in [3.63, 3.8) is 0 Å². The number of carbonyl (C=O) groups is 2. The van der Waals surface area contributed by atoms with Crippen LogP contribution in [-0.4, -0.2) is 17.1 Å². The van der Waals surface area contributed by atoms with E-state index in [4.69, 9.17) is 11.6 Å². The summed E-state index contributed by atoms with van der Waals surface area (Å²) in [4.78, 5) is 22.9. The van der Waals surface area contributed by atoms with Gasteiger partial charge in [0, 0.05) is 12.5 Å². The number of carbonyl (C=O) groups excluding carboxylic acids is 2. The predicted octanol–water partition coefficient (Wildman–Crippen LogP) is 3.47. The van der Waals surface area contributed by atoms with E-state index < -0.39 is 5.38 Å². The Kier molecular flexibility index (Phi) is 6.03. The summed E-state index contributed by atoms with van der Waals surface area (Å²) in [5, 5.41) is 2.40. The molecule has 1 rings (SSSR count). The highest BCUT2D eigenvalue weighted by atomic mass is 35.5. The molecule has 2 unspecified atom stereocenters. The number of halogens is 1. The number of hydrogen-bond donors (Lipinski definition) is 1. The van der Waals surface area contributed by atoms with Gasteiger partial charge in [-0.25, -0.2) is 0 Å². The lowest BCUT2D eigenvalue weighted by Gasteiger charge is -2.18. The van der Waals surface area contributed by atoms with Crippen molar-refractivity contribution in [2.75, 3.05) is 0 Å². The third kappa shape index (κ3) is 4.67. The van der Waals surface area contributed by atoms with Gasteiger partial charge in [0.15, 0.2) is 5.78 Å². The largest absolute Gasteiger partial charge is 0.350 e. The predicted molar refractivity (Wildman–Crippen MR) is 77.6 cm³/mol. The molecule has 4 heteroatoms. The first-order valence-corrected chi connectivity index (χ1v) is 6.94. The van der Waals surface area contributed by atoms with E-state index in [-0.39, 0.29) is 17.7 Å². The Morgan fingerprint density at radius 1 is 1.26 bits per heavy atom. The van der Waals surface area contributed by atoms with Crippen LogP contribution in [0.4, 0.5) is 0 Å². The molecule has 2 atom stereocenters. The number of alkyl halides is 1. The fourth-order valence-electron chi connectivity index (χ4n) is 1.97. The Morgan fingerprint density at radius 2 is 1.84 bits per heavy atom. The van der Waals surface area contributed by atoms with Crippen LogP contribution in [0.15, 0.2) is 24.3 Å². The number of nitrogens with one attached hydrogen (secondary N) is 1. The maximum atomic E-state index is 11.7. The summed E-state index contributed by atoms with van der Waals surface area (Å²) in [5.74, 6) is -0.132. The second-order valence-electron chi connectivity index (χ2n) is 4.64. The molecule has 1 amide bonds. The van der Waals surface area contributed by atoms with Gasteiger partial charge in [0.25, 0.3) is 0 Å². The van der Waals surface area contributed by atoms with Crippen LogP contribution in [0, 0.1) is 0 Å². The van der Waals surface area contributed by atoms with Crippen LogP contribution in [0.25, 0.3) is 0 Å². The summed E-state index contributed by atoms with van der Waals surface area (Å²) in [5.41, 5.74) is 1.61. The van der Waals surface area contributed by atoms with Crippen molar-refractivity contribution in [3.05, 3.63) is 35.4 Å². The molecule has 19 heavy (non-hydrogen) atoms. The van der Waals surface area contributed by atoms with Crippen molar-refractivity contribution in [3.8, 4) is 0 Å². The zero-order valence-corrected chi connectivity index (χ0v) is 12.3. The van der Waals surface area contributed by atoms with Crippen LogP contribution < -0.4 is 5.32 Å². The molecule has 0 fully saturated rings. The lowest BCUT2D eigenvalue weighted by atomic mass is 9.99. The van der Waals surface area contributed by atoms with Crippen molar-refractivity contribution in [1.82, 2.24) is 5.32 Å². The molecule has 0 heterocycles. The lowest BCUT2D eigenvalue weighted by Crippen LogP contribution is -2.26. The molecule has 0 aliphatic heterocycles. The Morgan fingerprint density at radius 3 is 2.26 bits per heavy atom. The van der Waals surface area contributed by atoms with E-state index in [1.165, 1.54) is 6.92 Å². The third-order valence-electron chi connectivity index (χ3n) is 2.91. The summed E-state index contributed by atoms with van der Waals surface area (Å²) in [7, 11) is 0. The van der Waals surface area contributed by atoms with Gasteiger partial charge in [-0.1, -0.05) is 37.6 Å². The van der Waals surface area contributed by atoms with Gasteiger partial charge < -0.3 is 5.32 Å². The number of hydrogen-bond acceptors (Lipinski definition) is 2. The van der Waals surface area contributed by atoms with Crippen molar-refractivity contribution in [1.29, 1.82) is 0 Å². The van der Waals surface area contributed by atoms with Gasteiger partial charge in [-0.05, 0) is 18.9 Å². The van der Waals surface area contributed by atoms with E-state index in [2.05, 4.69) is 12.2 Å². The Labute approximate surface area is 119 Å². The third-order valence-corrected chi connectivity index (χ3v) is 3.11. The minimum Gasteiger partial charge on any atom is -0.350 e. The molecule has 0 radical (unpaired) electrons. The average molecular weight is 282 g/mol. The first-order valence-electron chi connectivity index (χ1n) is 6.51. The number of amides is 1. The molecule has 0 saturated carbocycles. The molecular weight excluding hydrogens is 262 g/mol. The fourth-order valence-corrected chi connectivity index (χ4v) is 2.09. The van der Waals surface area contributed by atoms with Gasteiger partial charge in [0.2, 0.25) is 5.91 Å². The number of benzene rings is 1. The molecule has 0 aliphatic rings. The zero-order chi connectivity index (χ0) is 14.4. The maximum absolute atomic E-state index is 11.7. The summed E-state index contributed by atoms with van der Waals surface area (Å²) in [6.07, 6.45) is 1.85. The highest BCUT2D eigenvalue weighted by Crippen LogP contribution is 2.20. The fraction of sp³-hybridized carbons (Fsp3) is 0.467. The molecule has 0 bridgehead atoms. The van der Waals surface area contributed by atoms with Crippen LogP contribution in [0.2, 0.25) is 0 Å². The zero-order valence-electron chi connectivity index (χ0n) is 11.6. The molecule has 1 N–H and O–H groups in total. The van der Waals surface area contributed by atoms with Crippen LogP contribution in [0.1, 0.15) is 55.6 Å². The average Bonchev–Trinajstić information content (AvgIpc) is 2.37. The van der Waals surface area contributed by atoms with E-state index in [1.807, 2.05) is 12.1 Å². The van der Waals surface area contributed by atoms with Gasteiger partial charge in [0.05, 0.1) is 11.4 Å². The standard InChI is InChI=1S/C15H20ClNO2/c1-4-5-14(17-11(3)18)12-6-8-13(9-7-12)15(19)10(2)16/h6-10,14H,4-5H2,1-3H3,(H,17,18). The second kappa shape index (κ2) is 7.29. The van der Waals surface area contributed by atoms with Gasteiger partial charge >= 0.3 is 0 Å². The molecule has 3 nitrogen and oxygen atoms in total. The molecule has 0 spiro atoms. The van der Waals surface area contributed by atoms with Crippen LogP contribution in [0.5, 0.6) is 0 Å². The highest BCUT2D eigenvalue weighted by molar-refractivity contribution is 6.33. The number of Topliss-reactive ketones (excluding diaryl/α,β-unsaturated/α-hetero) is 1. The summed E-state index contributed by atoms with van der Waals surface area (Å²) in [6, 6.07) is 7.29. The maximum Gasteiger partial charge on any atom is 0.217 e. The molecule has 1 aromatic rings. The van der Waals surface area contributed by atoms with Gasteiger partial charge in [-0.2, -0.15) is 0 Å². The first-order chi connectivity index (χ1) is 8.95. The number of ketones is 1. The van der Waals surface area contributed by atoms with Gasteiger partial charge in [-0.3, -0.25) is 9.59 Å². The number of rotatable bonds is 6. The van der Waals surface area contributed by atoms with E-state index in [0.29, 0.717) is 5.56 Å². The van der Waals surface area contributed by atoms with Crippen LogP contribution in [0.3, 0.4) is 0 Å². The van der Waals surface area contributed by atoms with E-state index in [0.717, 1.165) is 18.4 Å². The summed E-state index contributed by atoms with van der Waals surface area (Å²) >= 11 is 5.78. The lowest BCUT2D eigenvalue weighted by molar-refractivity contribution is -0.119.